The molecule has 4 N–H and O–H groups in total. The van der Waals surface area contributed by atoms with Crippen LogP contribution in [0, 0.1) is 0 Å². The van der Waals surface area contributed by atoms with Gasteiger partial charge in [0.15, 0.2) is 6.29 Å². The second kappa shape index (κ2) is 16.2. The summed E-state index contributed by atoms with van der Waals surface area (Å²) in [6.07, 6.45) is 3.07. The van der Waals surface area contributed by atoms with Crippen molar-refractivity contribution >= 4 is 35.3 Å². The topological polar surface area (TPSA) is 142 Å². The van der Waals surface area contributed by atoms with Crippen molar-refractivity contribution in [1.82, 2.24) is 0 Å². The number of aliphatic carboxylic acids is 1. The van der Waals surface area contributed by atoms with Gasteiger partial charge < -0.3 is 30.1 Å². The van der Waals surface area contributed by atoms with Crippen molar-refractivity contribution in [2.75, 3.05) is 11.1 Å². The minimum atomic E-state index is -0.960. The Morgan fingerprint density at radius 3 is 2.07 bits per heavy atom. The molecule has 0 spiro atoms. The van der Waals surface area contributed by atoms with E-state index < -0.39 is 18.2 Å². The predicted octanol–water partition coefficient (Wildman–Crippen LogP) is 6.58. The fourth-order valence-electron chi connectivity index (χ4n) is 4.77. The normalized spacial score (nSPS) is 18.2. The van der Waals surface area contributed by atoms with Gasteiger partial charge in [-0.25, -0.2) is 4.79 Å². The lowest BCUT2D eigenvalue weighted by Crippen LogP contribution is -2.31. The molecular formula is C33H37NO8S. The van der Waals surface area contributed by atoms with Gasteiger partial charge in [0.05, 0.1) is 24.4 Å². The number of aliphatic hydroxyl groups is 1. The molecule has 0 bridgehead atoms. The highest BCUT2D eigenvalue weighted by atomic mass is 32.2. The number of rotatable bonds is 15. The van der Waals surface area contributed by atoms with Gasteiger partial charge in [-0.05, 0) is 60.4 Å². The van der Waals surface area contributed by atoms with Gasteiger partial charge in [-0.15, -0.1) is 11.8 Å². The molecule has 228 valence electrons. The number of carboxylic acid groups (broad SMARTS) is 2. The molecular weight excluding hydrogens is 570 g/mol. The third-order valence-corrected chi connectivity index (χ3v) is 8.31. The first kappa shape index (κ1) is 32.2. The Balaban J connectivity index is 1.37. The van der Waals surface area contributed by atoms with Crippen LogP contribution in [0.15, 0.2) is 77.7 Å². The van der Waals surface area contributed by atoms with Crippen molar-refractivity contribution in [1.29, 1.82) is 0 Å². The van der Waals surface area contributed by atoms with E-state index in [1.54, 1.807) is 36.0 Å². The maximum Gasteiger partial charge on any atom is 0.335 e. The van der Waals surface area contributed by atoms with E-state index in [9.17, 15) is 19.5 Å². The number of thioether (sulfide) groups is 1. The molecule has 1 heterocycles. The van der Waals surface area contributed by atoms with Crippen LogP contribution in [0.5, 0.6) is 0 Å². The SMILES string of the molecule is O=C(O)CCCCCCC(=O)Nc1ccc(C2OC(CSc3ccc(C(=O)O)cc3)CC(c3ccc(CO)cc3)O2)cc1. The van der Waals surface area contributed by atoms with Gasteiger partial charge in [-0.2, -0.15) is 0 Å². The molecule has 1 amide bonds. The van der Waals surface area contributed by atoms with Crippen molar-refractivity contribution in [2.24, 2.45) is 0 Å². The van der Waals surface area contributed by atoms with Crippen LogP contribution >= 0.6 is 11.8 Å². The number of nitrogens with one attached hydrogen (secondary N) is 1. The van der Waals surface area contributed by atoms with E-state index in [1.807, 2.05) is 48.5 Å². The van der Waals surface area contributed by atoms with Crippen LogP contribution < -0.4 is 5.32 Å². The van der Waals surface area contributed by atoms with Crippen molar-refractivity contribution in [2.45, 2.75) is 74.9 Å². The summed E-state index contributed by atoms with van der Waals surface area (Å²) in [6.45, 7) is -0.0346. The quantitative estimate of drug-likeness (QED) is 0.111. The number of carbonyl (C=O) groups excluding carboxylic acids is 1. The second-order valence-corrected chi connectivity index (χ2v) is 11.6. The summed E-state index contributed by atoms with van der Waals surface area (Å²) < 4.78 is 12.8. The number of aromatic carboxylic acids is 1. The van der Waals surface area contributed by atoms with Crippen LogP contribution in [0.3, 0.4) is 0 Å². The standard InChI is InChI=1S/C33H37NO8S/c35-20-22-7-9-23(10-8-22)29-19-27(21-43-28-17-13-24(14-18-28)32(39)40)41-33(42-29)25-11-15-26(16-12-25)34-30(36)5-3-1-2-4-6-31(37)38/h7-18,27,29,33,35H,1-6,19-21H2,(H,34,36)(H,37,38)(H,39,40). The smallest absolute Gasteiger partial charge is 0.335 e. The van der Waals surface area contributed by atoms with Crippen molar-refractivity contribution in [3.05, 3.63) is 95.1 Å². The minimum Gasteiger partial charge on any atom is -0.481 e. The van der Waals surface area contributed by atoms with Gasteiger partial charge in [-0.3, -0.25) is 9.59 Å². The van der Waals surface area contributed by atoms with E-state index in [1.165, 1.54) is 0 Å². The molecule has 4 rings (SSSR count). The van der Waals surface area contributed by atoms with Gasteiger partial charge in [0.25, 0.3) is 0 Å². The van der Waals surface area contributed by atoms with Gasteiger partial charge >= 0.3 is 11.9 Å². The average Bonchev–Trinajstić information content (AvgIpc) is 3.02. The number of hydrogen-bond acceptors (Lipinski definition) is 7. The summed E-state index contributed by atoms with van der Waals surface area (Å²) in [4.78, 5) is 35.1. The van der Waals surface area contributed by atoms with Crippen LogP contribution in [-0.2, 0) is 25.7 Å². The molecule has 0 radical (unpaired) electrons. The third kappa shape index (κ3) is 10.2. The molecule has 1 aliphatic heterocycles. The third-order valence-electron chi connectivity index (χ3n) is 7.16. The minimum absolute atomic E-state index is 0.0346. The zero-order valence-corrected chi connectivity index (χ0v) is 24.6. The van der Waals surface area contributed by atoms with Crippen LogP contribution in [0.1, 0.15) is 84.4 Å². The molecule has 10 heteroatoms. The Hall–Kier alpha value is -3.70. The maximum absolute atomic E-state index is 12.4. The van der Waals surface area contributed by atoms with E-state index in [4.69, 9.17) is 19.7 Å². The Morgan fingerprint density at radius 1 is 0.791 bits per heavy atom. The number of aliphatic hydroxyl groups excluding tert-OH is 1. The number of unbranched alkanes of at least 4 members (excludes halogenated alkanes) is 3. The van der Waals surface area contributed by atoms with E-state index in [-0.39, 0.29) is 36.7 Å². The van der Waals surface area contributed by atoms with Crippen LogP contribution in [0.2, 0.25) is 0 Å². The van der Waals surface area contributed by atoms with E-state index >= 15 is 0 Å². The summed E-state index contributed by atoms with van der Waals surface area (Å²) in [5.41, 5.74) is 3.53. The number of ether oxygens (including phenoxy) is 2. The van der Waals surface area contributed by atoms with Gasteiger partial charge in [-0.1, -0.05) is 49.2 Å². The number of carbonyl (C=O) groups is 3. The Morgan fingerprint density at radius 2 is 1.44 bits per heavy atom. The first-order valence-corrected chi connectivity index (χ1v) is 15.4. The van der Waals surface area contributed by atoms with Crippen LogP contribution in [0.4, 0.5) is 5.69 Å². The summed E-state index contributed by atoms with van der Waals surface area (Å²) in [5, 5.41) is 30.2. The van der Waals surface area contributed by atoms with Gasteiger partial charge in [0, 0.05) is 41.2 Å². The van der Waals surface area contributed by atoms with E-state index in [0.717, 1.165) is 34.4 Å². The molecule has 3 aromatic carbocycles. The molecule has 1 fully saturated rings. The summed E-state index contributed by atoms with van der Waals surface area (Å²) >= 11 is 1.59. The number of benzene rings is 3. The molecule has 3 atom stereocenters. The van der Waals surface area contributed by atoms with E-state index in [2.05, 4.69) is 5.32 Å². The molecule has 0 saturated carbocycles. The molecule has 1 saturated heterocycles. The summed E-state index contributed by atoms with van der Waals surface area (Å²) in [6, 6.07) is 21.8. The fraction of sp³-hybridized carbons (Fsp3) is 0.364. The molecule has 3 aromatic rings. The summed E-state index contributed by atoms with van der Waals surface area (Å²) in [5.74, 6) is -1.20. The van der Waals surface area contributed by atoms with Gasteiger partial charge in [0.2, 0.25) is 5.91 Å². The molecule has 3 unspecified atom stereocenters. The van der Waals surface area contributed by atoms with E-state index in [0.29, 0.717) is 37.1 Å². The highest BCUT2D eigenvalue weighted by molar-refractivity contribution is 7.99. The number of carboxylic acids is 2. The largest absolute Gasteiger partial charge is 0.481 e. The van der Waals surface area contributed by atoms with Crippen LogP contribution in [0.25, 0.3) is 0 Å². The lowest BCUT2D eigenvalue weighted by molar-refractivity contribution is -0.245. The number of hydrogen-bond donors (Lipinski definition) is 4. The molecule has 1 aliphatic rings. The Bertz CT molecular complexity index is 1340. The van der Waals surface area contributed by atoms with Crippen molar-refractivity contribution in [3.8, 4) is 0 Å². The predicted molar refractivity (Wildman–Crippen MR) is 163 cm³/mol. The molecule has 9 nitrogen and oxygen atoms in total. The maximum atomic E-state index is 12.4. The highest BCUT2D eigenvalue weighted by Crippen LogP contribution is 2.39. The Kier molecular flexibility index (Phi) is 12.2. The zero-order chi connectivity index (χ0) is 30.6. The fourth-order valence-corrected chi connectivity index (χ4v) is 5.69. The first-order chi connectivity index (χ1) is 20.8. The van der Waals surface area contributed by atoms with Gasteiger partial charge in [0.1, 0.15) is 0 Å². The zero-order valence-electron chi connectivity index (χ0n) is 23.8. The summed E-state index contributed by atoms with van der Waals surface area (Å²) in [7, 11) is 0. The number of anilines is 1. The average molecular weight is 608 g/mol. The number of amides is 1. The highest BCUT2D eigenvalue weighted by Gasteiger charge is 2.32. The first-order valence-electron chi connectivity index (χ1n) is 14.4. The lowest BCUT2D eigenvalue weighted by atomic mass is 10.0. The van der Waals surface area contributed by atoms with Crippen LogP contribution in [-0.4, -0.2) is 45.0 Å². The lowest BCUT2D eigenvalue weighted by Gasteiger charge is -2.36. The molecule has 0 aliphatic carbocycles. The second-order valence-electron chi connectivity index (χ2n) is 10.5. The van der Waals surface area contributed by atoms with Crippen molar-refractivity contribution < 1.29 is 39.2 Å². The molecule has 43 heavy (non-hydrogen) atoms. The Labute approximate surface area is 255 Å². The monoisotopic (exact) mass is 607 g/mol. The molecule has 0 aromatic heterocycles. The van der Waals surface area contributed by atoms with Crippen molar-refractivity contribution in [3.63, 3.8) is 0 Å².